The largest absolute Gasteiger partial charge is 0.489 e. The smallest absolute Gasteiger partial charge is 0.126 e. The van der Waals surface area contributed by atoms with Crippen LogP contribution in [-0.4, -0.2) is 6.61 Å². The molecule has 4 heteroatoms. The molecule has 0 saturated heterocycles. The first-order valence-corrected chi connectivity index (χ1v) is 3.35. The van der Waals surface area contributed by atoms with Gasteiger partial charge in [0.1, 0.15) is 12.4 Å². The van der Waals surface area contributed by atoms with Crippen LogP contribution in [0.1, 0.15) is 5.56 Å². The molecule has 1 aliphatic rings. The van der Waals surface area contributed by atoms with Crippen molar-refractivity contribution in [2.45, 2.75) is 0 Å². The molecule has 0 aliphatic carbocycles. The van der Waals surface area contributed by atoms with Crippen LogP contribution < -0.4 is 4.74 Å². The van der Waals surface area contributed by atoms with Crippen molar-refractivity contribution < 1.29 is 60.8 Å². The summed E-state index contributed by atoms with van der Waals surface area (Å²) in [6, 6.07) is 8.03. The second-order valence-electron chi connectivity index (χ2n) is 2.25. The van der Waals surface area contributed by atoms with Crippen molar-refractivity contribution in [1.82, 2.24) is 0 Å². The Labute approximate surface area is 114 Å². The van der Waals surface area contributed by atoms with Crippen molar-refractivity contribution >= 4 is 6.08 Å². The Hall–Kier alpha value is 0.526. The van der Waals surface area contributed by atoms with E-state index in [1.54, 1.807) is 0 Å². The summed E-state index contributed by atoms with van der Waals surface area (Å²) in [5.41, 5.74) is 1.17. The predicted octanol–water partition coefficient (Wildman–Crippen LogP) is 2.08. The third-order valence-corrected chi connectivity index (χ3v) is 1.55. The Morgan fingerprint density at radius 2 is 1.85 bits per heavy atom. The molecule has 0 N–H and O–H groups in total. The third kappa shape index (κ3) is 4.04. The quantitative estimate of drug-likeness (QED) is 0.659. The van der Waals surface area contributed by atoms with Gasteiger partial charge in [0.25, 0.3) is 0 Å². The molecule has 1 aromatic rings. The summed E-state index contributed by atoms with van der Waals surface area (Å²) in [5, 5.41) is 0. The molecular formula is C9H8MoNiOV. The van der Waals surface area contributed by atoms with Crippen molar-refractivity contribution in [1.29, 1.82) is 0 Å². The molecule has 1 radical (unpaired) electrons. The number of benzene rings is 1. The zero-order chi connectivity index (χ0) is 6.81. The molecule has 0 aromatic heterocycles. The molecule has 0 fully saturated rings. The van der Waals surface area contributed by atoms with E-state index in [1.165, 1.54) is 5.56 Å². The fraction of sp³-hybridized carbons (Fsp3) is 0.111. The predicted molar refractivity (Wildman–Crippen MR) is 41.0 cm³/mol. The number of fused-ring (bicyclic) bond motifs is 1. The zero-order valence-corrected chi connectivity index (χ0v) is 11.1. The van der Waals surface area contributed by atoms with E-state index < -0.39 is 0 Å². The monoisotopic (exact) mass is 339 g/mol. The van der Waals surface area contributed by atoms with E-state index in [0.29, 0.717) is 6.61 Å². The first kappa shape index (κ1) is 16.0. The van der Waals surface area contributed by atoms with Gasteiger partial charge in [-0.15, -0.1) is 0 Å². The first-order chi connectivity index (χ1) is 4.97. The van der Waals surface area contributed by atoms with Crippen LogP contribution >= 0.6 is 0 Å². The third-order valence-electron chi connectivity index (χ3n) is 1.55. The Bertz CT molecular complexity index is 278. The van der Waals surface area contributed by atoms with Crippen LogP contribution in [0.3, 0.4) is 0 Å². The van der Waals surface area contributed by atoms with Gasteiger partial charge in [0.05, 0.1) is 0 Å². The Kier molecular flexibility index (Phi) is 9.69. The molecule has 0 spiro atoms. The first-order valence-electron chi connectivity index (χ1n) is 3.35. The summed E-state index contributed by atoms with van der Waals surface area (Å²) in [6.45, 7) is 0.705. The summed E-state index contributed by atoms with van der Waals surface area (Å²) in [7, 11) is 0. The number of hydrogen-bond donors (Lipinski definition) is 0. The minimum atomic E-state index is 0. The standard InChI is InChI=1S/C9H8O.Mo.Ni.V/c1-2-6-9-8(4-1)5-3-7-10-9;;;/h1-6H,7H2;;;. The molecule has 0 saturated carbocycles. The maximum atomic E-state index is 5.34. The molecule has 1 aromatic carbocycles. The maximum absolute atomic E-state index is 5.34. The van der Waals surface area contributed by atoms with E-state index in [9.17, 15) is 0 Å². The molecule has 0 bridgehead atoms. The number of para-hydroxylation sites is 1. The van der Waals surface area contributed by atoms with E-state index in [2.05, 4.69) is 6.08 Å². The summed E-state index contributed by atoms with van der Waals surface area (Å²) >= 11 is 0. The van der Waals surface area contributed by atoms with Gasteiger partial charge in [0, 0.05) is 61.7 Å². The van der Waals surface area contributed by atoms with Gasteiger partial charge in [0.15, 0.2) is 0 Å². The van der Waals surface area contributed by atoms with Gasteiger partial charge in [-0.25, -0.2) is 0 Å². The van der Waals surface area contributed by atoms with E-state index >= 15 is 0 Å². The van der Waals surface area contributed by atoms with E-state index in [1.807, 2.05) is 30.3 Å². The van der Waals surface area contributed by atoms with Gasteiger partial charge < -0.3 is 4.74 Å². The SMILES string of the molecule is C1=Cc2ccccc2OC1.[Mo].[Ni].[V]. The van der Waals surface area contributed by atoms with Crippen molar-refractivity contribution in [3.63, 3.8) is 0 Å². The Morgan fingerprint density at radius 3 is 2.54 bits per heavy atom. The fourth-order valence-corrected chi connectivity index (χ4v) is 1.06. The van der Waals surface area contributed by atoms with Crippen molar-refractivity contribution in [3.05, 3.63) is 35.9 Å². The average molecular weight is 338 g/mol. The van der Waals surface area contributed by atoms with Crippen LogP contribution in [0, 0.1) is 0 Å². The molecule has 1 aliphatic heterocycles. The van der Waals surface area contributed by atoms with E-state index in [0.717, 1.165) is 5.75 Å². The average Bonchev–Trinajstić information content (AvgIpc) is 2.05. The van der Waals surface area contributed by atoms with Crippen molar-refractivity contribution in [3.8, 4) is 5.75 Å². The molecule has 13 heavy (non-hydrogen) atoms. The molecule has 0 amide bonds. The van der Waals surface area contributed by atoms with Crippen LogP contribution in [-0.2, 0) is 56.1 Å². The molecule has 2 rings (SSSR count). The van der Waals surface area contributed by atoms with Gasteiger partial charge in [-0.2, -0.15) is 0 Å². The summed E-state index contributed by atoms with van der Waals surface area (Å²) < 4.78 is 5.34. The Balaban J connectivity index is 0. The van der Waals surface area contributed by atoms with Crippen molar-refractivity contribution in [2.24, 2.45) is 0 Å². The number of ether oxygens (including phenoxy) is 1. The normalized spacial score (nSPS) is 10.8. The fourth-order valence-electron chi connectivity index (χ4n) is 1.06. The summed E-state index contributed by atoms with van der Waals surface area (Å²) in [6.07, 6.45) is 4.10. The second-order valence-corrected chi connectivity index (χ2v) is 2.25. The van der Waals surface area contributed by atoms with Crippen LogP contribution in [0.2, 0.25) is 0 Å². The van der Waals surface area contributed by atoms with Gasteiger partial charge >= 0.3 is 0 Å². The van der Waals surface area contributed by atoms with Crippen LogP contribution in [0.4, 0.5) is 0 Å². The number of rotatable bonds is 0. The molecule has 1 heterocycles. The van der Waals surface area contributed by atoms with Crippen LogP contribution in [0.25, 0.3) is 6.08 Å². The van der Waals surface area contributed by atoms with Gasteiger partial charge in [-0.3, -0.25) is 0 Å². The molecule has 71 valence electrons. The van der Waals surface area contributed by atoms with Gasteiger partial charge in [0.2, 0.25) is 0 Å². The van der Waals surface area contributed by atoms with Crippen molar-refractivity contribution in [2.75, 3.05) is 6.61 Å². The van der Waals surface area contributed by atoms with Gasteiger partial charge in [-0.05, 0) is 12.1 Å². The van der Waals surface area contributed by atoms with E-state index in [4.69, 9.17) is 4.74 Å². The second kappa shape index (κ2) is 7.89. The molecule has 1 nitrogen and oxygen atoms in total. The minimum Gasteiger partial charge on any atom is -0.489 e. The molecular weight excluding hydrogens is 330 g/mol. The van der Waals surface area contributed by atoms with Gasteiger partial charge in [-0.1, -0.05) is 24.3 Å². The summed E-state index contributed by atoms with van der Waals surface area (Å²) in [5.74, 6) is 0.991. The Morgan fingerprint density at radius 1 is 1.15 bits per heavy atom. The zero-order valence-electron chi connectivity index (χ0n) is 6.75. The minimum absolute atomic E-state index is 0. The molecule has 0 atom stereocenters. The van der Waals surface area contributed by atoms with Crippen LogP contribution in [0.5, 0.6) is 5.75 Å². The maximum Gasteiger partial charge on any atom is 0.126 e. The van der Waals surface area contributed by atoms with Crippen LogP contribution in [0.15, 0.2) is 30.3 Å². The van der Waals surface area contributed by atoms with E-state index in [-0.39, 0.29) is 56.1 Å². The summed E-state index contributed by atoms with van der Waals surface area (Å²) in [4.78, 5) is 0. The topological polar surface area (TPSA) is 9.23 Å². The molecule has 0 unspecified atom stereocenters. The number of hydrogen-bond acceptors (Lipinski definition) is 1.